The maximum Gasteiger partial charge on any atom is 0.237 e. The van der Waals surface area contributed by atoms with E-state index in [4.69, 9.17) is 11.6 Å². The molecule has 0 aliphatic carbocycles. The fraction of sp³-hybridized carbons (Fsp3) is 0.211. The van der Waals surface area contributed by atoms with Gasteiger partial charge in [-0.15, -0.1) is 12.4 Å². The van der Waals surface area contributed by atoms with Gasteiger partial charge in [-0.3, -0.25) is 14.6 Å². The molecule has 0 fully saturated rings. The minimum absolute atomic E-state index is 0. The average Bonchev–Trinajstić information content (AvgIpc) is 3.19. The van der Waals surface area contributed by atoms with E-state index < -0.39 is 0 Å². The summed E-state index contributed by atoms with van der Waals surface area (Å²) in [6.45, 7) is 1.54. The van der Waals surface area contributed by atoms with E-state index in [1.807, 2.05) is 6.07 Å². The van der Waals surface area contributed by atoms with Gasteiger partial charge in [-0.2, -0.15) is 0 Å². The summed E-state index contributed by atoms with van der Waals surface area (Å²) in [5, 5.41) is 4.35. The summed E-state index contributed by atoms with van der Waals surface area (Å²) >= 11 is 7.46. The molecule has 0 saturated heterocycles. The van der Waals surface area contributed by atoms with Crippen molar-refractivity contribution in [2.24, 2.45) is 4.99 Å². The number of nitrogens with one attached hydrogen (secondary N) is 1. The number of amidine groups is 1. The lowest BCUT2D eigenvalue weighted by molar-refractivity contribution is -0.115. The Morgan fingerprint density at radius 3 is 2.63 bits per heavy atom. The molecule has 0 saturated carbocycles. The summed E-state index contributed by atoms with van der Waals surface area (Å²) < 4.78 is 0. The summed E-state index contributed by atoms with van der Waals surface area (Å²) in [5.41, 5.74) is 1.49. The van der Waals surface area contributed by atoms with Crippen molar-refractivity contribution in [1.82, 2.24) is 5.32 Å². The molecule has 1 aliphatic heterocycles. The normalized spacial score (nSPS) is 12.6. The molecular weight excluding hydrogens is 405 g/mol. The molecule has 0 atom stereocenters. The quantitative estimate of drug-likeness (QED) is 0.745. The highest BCUT2D eigenvalue weighted by Crippen LogP contribution is 2.27. The van der Waals surface area contributed by atoms with Gasteiger partial charge in [0, 0.05) is 29.7 Å². The van der Waals surface area contributed by atoms with Gasteiger partial charge in [0.25, 0.3) is 0 Å². The van der Waals surface area contributed by atoms with Crippen LogP contribution in [0.5, 0.6) is 0 Å². The number of ketones is 1. The van der Waals surface area contributed by atoms with Crippen LogP contribution in [0.2, 0.25) is 5.02 Å². The minimum Gasteiger partial charge on any atom is -0.363 e. The number of halogens is 2. The Balaban J connectivity index is 0.00000261. The molecule has 1 aliphatic rings. The first-order valence-electron chi connectivity index (χ1n) is 8.13. The van der Waals surface area contributed by atoms with E-state index in [1.165, 1.54) is 16.7 Å². The lowest BCUT2D eigenvalue weighted by atomic mass is 10.0. The van der Waals surface area contributed by atoms with Crippen molar-refractivity contribution < 1.29 is 9.59 Å². The lowest BCUT2D eigenvalue weighted by Gasteiger charge is -2.20. The van der Waals surface area contributed by atoms with Gasteiger partial charge in [0.1, 0.15) is 0 Å². The number of anilines is 1. The predicted molar refractivity (Wildman–Crippen MR) is 115 cm³/mol. The number of carbonyl (C=O) groups excluding carboxylic acids is 2. The van der Waals surface area contributed by atoms with Crippen LogP contribution in [0.1, 0.15) is 15.9 Å². The average molecular weight is 424 g/mol. The third kappa shape index (κ3) is 5.25. The number of hydrogen-bond donors (Lipinski definition) is 1. The standard InChI is InChI=1S/C19H18ClN3O2S.ClH/c1-23(17(24)12-26-19-21-9-10-22-19)16-8-7-14(20)11-15(16)18(25)13-5-3-2-4-6-13;/h2-8,11H,9-10,12H2,1H3,(H,21,22);1H. The Bertz CT molecular complexity index is 859. The van der Waals surface area contributed by atoms with E-state index in [9.17, 15) is 9.59 Å². The van der Waals surface area contributed by atoms with E-state index in [0.717, 1.165) is 18.3 Å². The molecule has 27 heavy (non-hydrogen) atoms. The zero-order chi connectivity index (χ0) is 18.5. The number of thioether (sulfide) groups is 1. The summed E-state index contributed by atoms with van der Waals surface area (Å²) in [4.78, 5) is 31.2. The van der Waals surface area contributed by atoms with Crippen molar-refractivity contribution in [3.05, 3.63) is 64.7 Å². The number of carbonyl (C=O) groups is 2. The molecular formula is C19H19Cl2N3O2S. The van der Waals surface area contributed by atoms with E-state index in [0.29, 0.717) is 21.8 Å². The van der Waals surface area contributed by atoms with Gasteiger partial charge in [0.15, 0.2) is 11.0 Å². The van der Waals surface area contributed by atoms with Crippen LogP contribution in [0, 0.1) is 0 Å². The second-order valence-electron chi connectivity index (χ2n) is 5.71. The van der Waals surface area contributed by atoms with Gasteiger partial charge in [0.2, 0.25) is 5.91 Å². The number of aliphatic imine (C=N–C) groups is 1. The van der Waals surface area contributed by atoms with Gasteiger partial charge in [0.05, 0.1) is 18.0 Å². The molecule has 0 bridgehead atoms. The van der Waals surface area contributed by atoms with E-state index in [2.05, 4.69) is 10.3 Å². The van der Waals surface area contributed by atoms with E-state index in [1.54, 1.807) is 49.5 Å². The molecule has 2 aromatic carbocycles. The Kier molecular flexibility index (Phi) is 7.71. The molecule has 1 amide bonds. The van der Waals surface area contributed by atoms with E-state index in [-0.39, 0.29) is 29.9 Å². The van der Waals surface area contributed by atoms with Crippen molar-refractivity contribution in [2.45, 2.75) is 0 Å². The highest BCUT2D eigenvalue weighted by molar-refractivity contribution is 8.14. The summed E-state index contributed by atoms with van der Waals surface area (Å²) in [7, 11) is 1.66. The second-order valence-corrected chi connectivity index (χ2v) is 7.11. The molecule has 0 spiro atoms. The van der Waals surface area contributed by atoms with E-state index >= 15 is 0 Å². The second kappa shape index (κ2) is 9.78. The monoisotopic (exact) mass is 423 g/mol. The Morgan fingerprint density at radius 2 is 1.96 bits per heavy atom. The van der Waals surface area contributed by atoms with Gasteiger partial charge in [-0.25, -0.2) is 0 Å². The van der Waals surface area contributed by atoms with Gasteiger partial charge >= 0.3 is 0 Å². The van der Waals surface area contributed by atoms with Crippen LogP contribution in [-0.4, -0.2) is 42.7 Å². The lowest BCUT2D eigenvalue weighted by Crippen LogP contribution is -2.30. The molecule has 5 nitrogen and oxygen atoms in total. The van der Waals surface area contributed by atoms with Gasteiger partial charge in [-0.05, 0) is 18.2 Å². The molecule has 3 rings (SSSR count). The first-order valence-corrected chi connectivity index (χ1v) is 9.49. The zero-order valence-electron chi connectivity index (χ0n) is 14.6. The maximum absolute atomic E-state index is 12.9. The summed E-state index contributed by atoms with van der Waals surface area (Å²) in [6.07, 6.45) is 0. The van der Waals surface area contributed by atoms with Crippen molar-refractivity contribution in [2.75, 3.05) is 30.8 Å². The van der Waals surface area contributed by atoms with Crippen molar-refractivity contribution in [1.29, 1.82) is 0 Å². The van der Waals surface area contributed by atoms with Crippen LogP contribution in [-0.2, 0) is 4.79 Å². The number of rotatable bonds is 5. The van der Waals surface area contributed by atoms with Crippen LogP contribution in [0.4, 0.5) is 5.69 Å². The fourth-order valence-corrected chi connectivity index (χ4v) is 3.57. The summed E-state index contributed by atoms with van der Waals surface area (Å²) in [5.74, 6) is -0.0442. The first kappa shape index (κ1) is 21.3. The molecule has 0 aromatic heterocycles. The predicted octanol–water partition coefficient (Wildman–Crippen LogP) is 3.65. The SMILES string of the molecule is CN(C(=O)CSC1=NCCN1)c1ccc(Cl)cc1C(=O)c1ccccc1.Cl. The number of nitrogens with zero attached hydrogens (tertiary/aromatic N) is 2. The fourth-order valence-electron chi connectivity index (χ4n) is 2.56. The van der Waals surface area contributed by atoms with Crippen molar-refractivity contribution >= 4 is 58.3 Å². The third-order valence-electron chi connectivity index (χ3n) is 3.95. The molecule has 0 radical (unpaired) electrons. The zero-order valence-corrected chi connectivity index (χ0v) is 17.0. The van der Waals surface area contributed by atoms with Crippen molar-refractivity contribution in [3.63, 3.8) is 0 Å². The molecule has 8 heteroatoms. The number of hydrogen-bond acceptors (Lipinski definition) is 5. The van der Waals surface area contributed by atoms with Gasteiger partial charge in [-0.1, -0.05) is 53.7 Å². The maximum atomic E-state index is 12.9. The first-order chi connectivity index (χ1) is 12.6. The molecule has 2 aromatic rings. The third-order valence-corrected chi connectivity index (χ3v) is 5.12. The highest BCUT2D eigenvalue weighted by Gasteiger charge is 2.21. The molecule has 1 N–H and O–H groups in total. The Hall–Kier alpha value is -2.02. The smallest absolute Gasteiger partial charge is 0.237 e. The van der Waals surface area contributed by atoms with Crippen LogP contribution < -0.4 is 10.2 Å². The van der Waals surface area contributed by atoms with Crippen LogP contribution in [0.15, 0.2) is 53.5 Å². The Labute approximate surface area is 173 Å². The van der Waals surface area contributed by atoms with Gasteiger partial charge < -0.3 is 10.2 Å². The Morgan fingerprint density at radius 1 is 1.22 bits per heavy atom. The number of benzene rings is 2. The number of amides is 1. The highest BCUT2D eigenvalue weighted by atomic mass is 35.5. The molecule has 0 unspecified atom stereocenters. The topological polar surface area (TPSA) is 61.8 Å². The van der Waals surface area contributed by atoms with Crippen LogP contribution >= 0.6 is 35.8 Å². The largest absolute Gasteiger partial charge is 0.363 e. The van der Waals surface area contributed by atoms with Crippen LogP contribution in [0.25, 0.3) is 0 Å². The minimum atomic E-state index is -0.169. The van der Waals surface area contributed by atoms with Crippen LogP contribution in [0.3, 0.4) is 0 Å². The van der Waals surface area contributed by atoms with Crippen molar-refractivity contribution in [3.8, 4) is 0 Å². The summed E-state index contributed by atoms with van der Waals surface area (Å²) in [6, 6.07) is 13.9. The molecule has 1 heterocycles. The molecule has 142 valence electrons.